The van der Waals surface area contributed by atoms with Crippen molar-refractivity contribution < 1.29 is 9.53 Å². The topological polar surface area (TPSA) is 38.3 Å². The summed E-state index contributed by atoms with van der Waals surface area (Å²) in [5.41, 5.74) is 1.51. The summed E-state index contributed by atoms with van der Waals surface area (Å²) in [7, 11) is 0. The van der Waals surface area contributed by atoms with Crippen molar-refractivity contribution in [3.8, 4) is 5.75 Å². The van der Waals surface area contributed by atoms with E-state index in [1.807, 2.05) is 42.5 Å². The van der Waals surface area contributed by atoms with Crippen molar-refractivity contribution in [1.29, 1.82) is 0 Å². The fourth-order valence-electron chi connectivity index (χ4n) is 3.42. The van der Waals surface area contributed by atoms with E-state index in [2.05, 4.69) is 24.0 Å². The van der Waals surface area contributed by atoms with Crippen molar-refractivity contribution in [2.45, 2.75) is 31.1 Å². The summed E-state index contributed by atoms with van der Waals surface area (Å²) in [4.78, 5) is 13.0. The molecule has 24 heavy (non-hydrogen) atoms. The van der Waals surface area contributed by atoms with E-state index in [0.29, 0.717) is 6.61 Å². The van der Waals surface area contributed by atoms with Crippen molar-refractivity contribution in [2.24, 2.45) is 0 Å². The van der Waals surface area contributed by atoms with Crippen LogP contribution in [-0.4, -0.2) is 12.5 Å². The second-order valence-electron chi connectivity index (χ2n) is 6.23. The zero-order valence-electron chi connectivity index (χ0n) is 13.8. The summed E-state index contributed by atoms with van der Waals surface area (Å²) in [6.45, 7) is 4.11. The number of carbonyl (C=O) groups excluding carboxylic acids is 1. The molecule has 0 bridgehead atoms. The van der Waals surface area contributed by atoms with Gasteiger partial charge in [0.2, 0.25) is 5.91 Å². The number of amides is 1. The van der Waals surface area contributed by atoms with Gasteiger partial charge in [-0.2, -0.15) is 0 Å². The number of hydrogen-bond donors (Lipinski definition) is 1. The van der Waals surface area contributed by atoms with Crippen molar-refractivity contribution in [3.05, 3.63) is 72.8 Å². The van der Waals surface area contributed by atoms with Crippen LogP contribution in [0, 0.1) is 0 Å². The average molecular weight is 321 g/mol. The van der Waals surface area contributed by atoms with Gasteiger partial charge in [-0.15, -0.1) is 0 Å². The molecule has 1 fully saturated rings. The van der Waals surface area contributed by atoms with Crippen LogP contribution in [-0.2, 0) is 10.2 Å². The van der Waals surface area contributed by atoms with Gasteiger partial charge in [0.05, 0.1) is 5.41 Å². The maximum atomic E-state index is 13.0. The Balaban J connectivity index is 1.76. The molecule has 0 unspecified atom stereocenters. The third kappa shape index (κ3) is 3.35. The van der Waals surface area contributed by atoms with Gasteiger partial charge in [0.25, 0.3) is 0 Å². The van der Waals surface area contributed by atoms with Crippen LogP contribution in [0.25, 0.3) is 0 Å². The molecule has 0 aromatic heterocycles. The molecule has 3 rings (SSSR count). The van der Waals surface area contributed by atoms with Crippen LogP contribution in [0.3, 0.4) is 0 Å². The number of ether oxygens (including phenoxy) is 1. The molecule has 1 saturated carbocycles. The summed E-state index contributed by atoms with van der Waals surface area (Å²) in [6.07, 6.45) is 5.71. The maximum Gasteiger partial charge on any atom is 0.235 e. The van der Waals surface area contributed by atoms with Gasteiger partial charge in [-0.05, 0) is 42.7 Å². The maximum absolute atomic E-state index is 13.0. The molecule has 0 heterocycles. The Labute approximate surface area is 143 Å². The molecule has 0 spiro atoms. The first-order valence-electron chi connectivity index (χ1n) is 8.45. The highest BCUT2D eigenvalue weighted by Gasteiger charge is 2.42. The molecule has 124 valence electrons. The Bertz CT molecular complexity index is 686. The predicted molar refractivity (Wildman–Crippen MR) is 97.4 cm³/mol. The molecular formula is C21H23NO2. The van der Waals surface area contributed by atoms with Gasteiger partial charge in [-0.25, -0.2) is 0 Å². The van der Waals surface area contributed by atoms with Crippen LogP contribution in [0.1, 0.15) is 31.2 Å². The van der Waals surface area contributed by atoms with Crippen molar-refractivity contribution >= 4 is 11.6 Å². The van der Waals surface area contributed by atoms with Gasteiger partial charge in [0, 0.05) is 5.69 Å². The van der Waals surface area contributed by atoms with Crippen LogP contribution in [0.2, 0.25) is 0 Å². The van der Waals surface area contributed by atoms with Crippen LogP contribution < -0.4 is 10.1 Å². The molecular weight excluding hydrogens is 298 g/mol. The van der Waals surface area contributed by atoms with E-state index >= 15 is 0 Å². The monoisotopic (exact) mass is 321 g/mol. The summed E-state index contributed by atoms with van der Waals surface area (Å²) >= 11 is 0. The van der Waals surface area contributed by atoms with E-state index in [-0.39, 0.29) is 5.91 Å². The molecule has 0 saturated heterocycles. The number of hydrogen-bond acceptors (Lipinski definition) is 2. The van der Waals surface area contributed by atoms with Gasteiger partial charge < -0.3 is 10.1 Å². The molecule has 1 aliphatic rings. The Morgan fingerprint density at radius 2 is 1.75 bits per heavy atom. The lowest BCUT2D eigenvalue weighted by atomic mass is 9.78. The third-order valence-electron chi connectivity index (χ3n) is 4.70. The zero-order valence-corrected chi connectivity index (χ0v) is 13.8. The number of benzene rings is 2. The second-order valence-corrected chi connectivity index (χ2v) is 6.23. The van der Waals surface area contributed by atoms with Crippen molar-refractivity contribution in [1.82, 2.24) is 0 Å². The summed E-state index contributed by atoms with van der Waals surface area (Å²) in [6, 6.07) is 17.6. The lowest BCUT2D eigenvalue weighted by molar-refractivity contribution is -0.121. The minimum Gasteiger partial charge on any atom is -0.490 e. The first-order valence-corrected chi connectivity index (χ1v) is 8.45. The Kier molecular flexibility index (Phi) is 4.99. The quantitative estimate of drug-likeness (QED) is 0.783. The molecule has 3 heteroatoms. The first kappa shape index (κ1) is 16.3. The SMILES string of the molecule is C=CCOc1ccc(NC(=O)C2(c3ccccc3)CCCC2)cc1. The normalized spacial score (nSPS) is 15.7. The van der Waals surface area contributed by atoms with Gasteiger partial charge in [0.15, 0.2) is 0 Å². The highest BCUT2D eigenvalue weighted by atomic mass is 16.5. The highest BCUT2D eigenvalue weighted by Crippen LogP contribution is 2.42. The Morgan fingerprint density at radius 1 is 1.08 bits per heavy atom. The number of anilines is 1. The van der Waals surface area contributed by atoms with E-state index in [1.165, 1.54) is 0 Å². The van der Waals surface area contributed by atoms with E-state index in [9.17, 15) is 4.79 Å². The van der Waals surface area contributed by atoms with E-state index in [0.717, 1.165) is 42.7 Å². The molecule has 2 aromatic rings. The first-order chi connectivity index (χ1) is 11.7. The molecule has 0 radical (unpaired) electrons. The molecule has 2 aromatic carbocycles. The van der Waals surface area contributed by atoms with E-state index < -0.39 is 5.41 Å². The largest absolute Gasteiger partial charge is 0.490 e. The molecule has 3 nitrogen and oxygen atoms in total. The zero-order chi connectivity index (χ0) is 16.8. The lowest BCUT2D eigenvalue weighted by Crippen LogP contribution is -2.37. The van der Waals surface area contributed by atoms with E-state index in [4.69, 9.17) is 4.74 Å². The number of nitrogens with one attached hydrogen (secondary N) is 1. The van der Waals surface area contributed by atoms with Gasteiger partial charge in [-0.1, -0.05) is 55.8 Å². The van der Waals surface area contributed by atoms with Gasteiger partial charge >= 0.3 is 0 Å². The molecule has 1 amide bonds. The smallest absolute Gasteiger partial charge is 0.235 e. The second kappa shape index (κ2) is 7.35. The van der Waals surface area contributed by atoms with Gasteiger partial charge in [-0.3, -0.25) is 4.79 Å². The van der Waals surface area contributed by atoms with Crippen molar-refractivity contribution in [2.75, 3.05) is 11.9 Å². The standard InChI is InChI=1S/C21H23NO2/c1-2-16-24-19-12-10-18(11-13-19)22-20(23)21(14-6-7-15-21)17-8-4-3-5-9-17/h2-5,8-13H,1,6-7,14-16H2,(H,22,23). The van der Waals surface area contributed by atoms with Crippen molar-refractivity contribution in [3.63, 3.8) is 0 Å². The van der Waals surface area contributed by atoms with Crippen LogP contribution >= 0.6 is 0 Å². The molecule has 1 aliphatic carbocycles. The number of rotatable bonds is 6. The Hall–Kier alpha value is -2.55. The van der Waals surface area contributed by atoms with E-state index in [1.54, 1.807) is 6.08 Å². The fourth-order valence-corrected chi connectivity index (χ4v) is 3.42. The summed E-state index contributed by atoms with van der Waals surface area (Å²) in [5, 5.41) is 3.09. The minimum atomic E-state index is -0.404. The lowest BCUT2D eigenvalue weighted by Gasteiger charge is -2.28. The average Bonchev–Trinajstić information content (AvgIpc) is 3.13. The molecule has 0 aliphatic heterocycles. The predicted octanol–water partition coefficient (Wildman–Crippen LogP) is 4.70. The van der Waals surface area contributed by atoms with Crippen LogP contribution in [0.4, 0.5) is 5.69 Å². The molecule has 0 atom stereocenters. The third-order valence-corrected chi connectivity index (χ3v) is 4.70. The van der Waals surface area contributed by atoms with Crippen LogP contribution in [0.5, 0.6) is 5.75 Å². The van der Waals surface area contributed by atoms with Gasteiger partial charge in [0.1, 0.15) is 12.4 Å². The Morgan fingerprint density at radius 3 is 2.38 bits per heavy atom. The summed E-state index contributed by atoms with van der Waals surface area (Å²) in [5.74, 6) is 0.859. The van der Waals surface area contributed by atoms with Crippen LogP contribution in [0.15, 0.2) is 67.3 Å². The highest BCUT2D eigenvalue weighted by molar-refractivity contribution is 5.99. The number of carbonyl (C=O) groups is 1. The minimum absolute atomic E-state index is 0.0889. The fraction of sp³-hybridized carbons (Fsp3) is 0.286. The summed E-state index contributed by atoms with van der Waals surface area (Å²) < 4.78 is 5.47. The molecule has 1 N–H and O–H groups in total.